The molecule has 3 rings (SSSR count). The minimum absolute atomic E-state index is 0.0316. The van der Waals surface area contributed by atoms with Gasteiger partial charge in [0.05, 0.1) is 5.25 Å². The molecule has 19 heavy (non-hydrogen) atoms. The van der Waals surface area contributed by atoms with Crippen molar-refractivity contribution in [3.8, 4) is 0 Å². The Morgan fingerprint density at radius 2 is 1.58 bits per heavy atom. The Kier molecular flexibility index (Phi) is 3.48. The number of sulfone groups is 1. The molecule has 0 radical (unpaired) electrons. The highest BCUT2D eigenvalue weighted by Crippen LogP contribution is 2.57. The number of Topliss-reactive ketones (excluding diaryl/α,β-unsaturated/α-hetero) is 1. The van der Waals surface area contributed by atoms with Gasteiger partial charge in [0.15, 0.2) is 0 Å². The molecule has 0 spiro atoms. The van der Waals surface area contributed by atoms with Crippen LogP contribution in [0.3, 0.4) is 0 Å². The molecule has 0 amide bonds. The third-order valence-corrected chi connectivity index (χ3v) is 7.26. The maximum absolute atomic E-state index is 12.6. The van der Waals surface area contributed by atoms with Crippen molar-refractivity contribution in [2.24, 2.45) is 23.7 Å². The first-order valence-electron chi connectivity index (χ1n) is 7.71. The van der Waals surface area contributed by atoms with Gasteiger partial charge < -0.3 is 0 Å². The molecular weight excluding hydrogens is 260 g/mol. The predicted octanol–water partition coefficient (Wildman–Crippen LogP) is 2.60. The van der Waals surface area contributed by atoms with Crippen molar-refractivity contribution >= 4 is 15.6 Å². The molecule has 0 aromatic rings. The van der Waals surface area contributed by atoms with Gasteiger partial charge in [0.1, 0.15) is 15.6 Å². The van der Waals surface area contributed by atoms with Crippen molar-refractivity contribution in [1.29, 1.82) is 0 Å². The normalized spacial score (nSPS) is 42.5. The smallest absolute Gasteiger partial charge is 0.150 e. The molecule has 3 aliphatic carbocycles. The second-order valence-electron chi connectivity index (χ2n) is 6.86. The van der Waals surface area contributed by atoms with Gasteiger partial charge >= 0.3 is 0 Å². The maximum atomic E-state index is 12.6. The Bertz CT molecular complexity index is 456. The van der Waals surface area contributed by atoms with Crippen LogP contribution in [0.2, 0.25) is 0 Å². The molecule has 0 saturated heterocycles. The van der Waals surface area contributed by atoms with Gasteiger partial charge in [0.2, 0.25) is 0 Å². The van der Waals surface area contributed by atoms with Crippen LogP contribution in [0.4, 0.5) is 0 Å². The standard InChI is InChI=1S/C15H24O3S/c1-19(17,18)11-6-4-5-10(9-11)15(16)14-12-7-2-3-8-13(12)14/h10-14H,2-9H2,1H3. The highest BCUT2D eigenvalue weighted by atomic mass is 32.2. The van der Waals surface area contributed by atoms with Crippen LogP contribution in [0, 0.1) is 23.7 Å². The number of rotatable bonds is 3. The number of hydrogen-bond acceptors (Lipinski definition) is 3. The van der Waals surface area contributed by atoms with Crippen molar-refractivity contribution in [2.75, 3.05) is 6.26 Å². The molecule has 0 aliphatic heterocycles. The molecule has 3 saturated carbocycles. The molecule has 4 heteroatoms. The quantitative estimate of drug-likeness (QED) is 0.800. The van der Waals surface area contributed by atoms with E-state index in [0.717, 1.165) is 19.3 Å². The molecule has 0 N–H and O–H groups in total. The van der Waals surface area contributed by atoms with Crippen LogP contribution in [0.5, 0.6) is 0 Å². The Labute approximate surface area is 116 Å². The maximum Gasteiger partial charge on any atom is 0.150 e. The lowest BCUT2D eigenvalue weighted by atomic mass is 9.83. The van der Waals surface area contributed by atoms with E-state index in [-0.39, 0.29) is 11.2 Å². The van der Waals surface area contributed by atoms with E-state index in [0.29, 0.717) is 30.0 Å². The molecule has 3 fully saturated rings. The molecule has 0 aromatic carbocycles. The van der Waals surface area contributed by atoms with Crippen LogP contribution < -0.4 is 0 Å². The summed E-state index contributed by atoms with van der Waals surface area (Å²) in [4.78, 5) is 12.6. The molecule has 108 valence electrons. The minimum Gasteiger partial charge on any atom is -0.299 e. The lowest BCUT2D eigenvalue weighted by Gasteiger charge is -2.27. The Balaban J connectivity index is 1.64. The third-order valence-electron chi connectivity index (χ3n) is 5.62. The van der Waals surface area contributed by atoms with Crippen LogP contribution in [0.15, 0.2) is 0 Å². The number of carbonyl (C=O) groups excluding carboxylic acids is 1. The first-order chi connectivity index (χ1) is 8.98. The number of carbonyl (C=O) groups is 1. The predicted molar refractivity (Wildman–Crippen MR) is 74.5 cm³/mol. The highest BCUT2D eigenvalue weighted by molar-refractivity contribution is 7.91. The monoisotopic (exact) mass is 284 g/mol. The fraction of sp³-hybridized carbons (Fsp3) is 0.933. The molecule has 3 nitrogen and oxygen atoms in total. The minimum atomic E-state index is -2.98. The van der Waals surface area contributed by atoms with Gasteiger partial charge in [-0.1, -0.05) is 19.3 Å². The zero-order valence-corrected chi connectivity index (χ0v) is 12.5. The summed E-state index contributed by atoms with van der Waals surface area (Å²) >= 11 is 0. The van der Waals surface area contributed by atoms with Gasteiger partial charge in [-0.25, -0.2) is 8.42 Å². The number of ketones is 1. The van der Waals surface area contributed by atoms with Gasteiger partial charge in [-0.05, 0) is 43.9 Å². The second-order valence-corrected chi connectivity index (χ2v) is 9.18. The average Bonchev–Trinajstić information content (AvgIpc) is 3.11. The van der Waals surface area contributed by atoms with E-state index >= 15 is 0 Å². The van der Waals surface area contributed by atoms with Crippen LogP contribution >= 0.6 is 0 Å². The van der Waals surface area contributed by atoms with Crippen molar-refractivity contribution in [3.05, 3.63) is 0 Å². The average molecular weight is 284 g/mol. The lowest BCUT2D eigenvalue weighted by molar-refractivity contribution is -0.125. The van der Waals surface area contributed by atoms with E-state index < -0.39 is 9.84 Å². The van der Waals surface area contributed by atoms with E-state index in [1.54, 1.807) is 0 Å². The van der Waals surface area contributed by atoms with E-state index in [1.165, 1.54) is 31.9 Å². The zero-order chi connectivity index (χ0) is 13.6. The Morgan fingerprint density at radius 1 is 0.947 bits per heavy atom. The van der Waals surface area contributed by atoms with Gasteiger partial charge in [0.25, 0.3) is 0 Å². The molecule has 0 bridgehead atoms. The molecule has 0 aromatic heterocycles. The molecule has 4 atom stereocenters. The number of hydrogen-bond donors (Lipinski definition) is 0. The van der Waals surface area contributed by atoms with Gasteiger partial charge in [-0.15, -0.1) is 0 Å². The van der Waals surface area contributed by atoms with Crippen LogP contribution in [-0.2, 0) is 14.6 Å². The summed E-state index contributed by atoms with van der Waals surface area (Å²) in [6, 6.07) is 0. The van der Waals surface area contributed by atoms with Crippen LogP contribution in [0.1, 0.15) is 51.4 Å². The molecule has 3 aliphatic rings. The second kappa shape index (κ2) is 4.87. The summed E-state index contributed by atoms with van der Waals surface area (Å²) < 4.78 is 23.4. The number of fused-ring (bicyclic) bond motifs is 1. The molecular formula is C15H24O3S. The zero-order valence-electron chi connectivity index (χ0n) is 11.7. The fourth-order valence-corrected chi connectivity index (χ4v) is 5.66. The van der Waals surface area contributed by atoms with Crippen molar-refractivity contribution < 1.29 is 13.2 Å². The first-order valence-corrected chi connectivity index (χ1v) is 9.66. The van der Waals surface area contributed by atoms with Gasteiger partial charge in [-0.3, -0.25) is 4.79 Å². The molecule has 0 heterocycles. The summed E-state index contributed by atoms with van der Waals surface area (Å²) in [6.45, 7) is 0. The summed E-state index contributed by atoms with van der Waals surface area (Å²) in [5.41, 5.74) is 0. The van der Waals surface area contributed by atoms with E-state index in [4.69, 9.17) is 0 Å². The van der Waals surface area contributed by atoms with E-state index in [9.17, 15) is 13.2 Å². The SMILES string of the molecule is CS(=O)(=O)C1CCCC(C(=O)C2C3CCCCC32)C1. The van der Waals surface area contributed by atoms with Crippen molar-refractivity contribution in [3.63, 3.8) is 0 Å². The Hall–Kier alpha value is -0.380. The van der Waals surface area contributed by atoms with Gasteiger partial charge in [-0.2, -0.15) is 0 Å². The van der Waals surface area contributed by atoms with Crippen LogP contribution in [0.25, 0.3) is 0 Å². The topological polar surface area (TPSA) is 51.2 Å². The largest absolute Gasteiger partial charge is 0.299 e. The summed E-state index contributed by atoms with van der Waals surface area (Å²) in [5.74, 6) is 2.04. The summed E-state index contributed by atoms with van der Waals surface area (Å²) in [7, 11) is -2.98. The Morgan fingerprint density at radius 3 is 2.16 bits per heavy atom. The lowest BCUT2D eigenvalue weighted by Crippen LogP contribution is -2.32. The van der Waals surface area contributed by atoms with Crippen LogP contribution in [-0.4, -0.2) is 25.7 Å². The summed E-state index contributed by atoms with van der Waals surface area (Å²) in [5, 5.41) is -0.268. The highest BCUT2D eigenvalue weighted by Gasteiger charge is 2.55. The van der Waals surface area contributed by atoms with E-state index in [2.05, 4.69) is 0 Å². The van der Waals surface area contributed by atoms with Crippen molar-refractivity contribution in [2.45, 2.75) is 56.6 Å². The molecule has 4 unspecified atom stereocenters. The van der Waals surface area contributed by atoms with Crippen molar-refractivity contribution in [1.82, 2.24) is 0 Å². The third kappa shape index (κ3) is 2.61. The van der Waals surface area contributed by atoms with Gasteiger partial charge in [0, 0.05) is 18.1 Å². The summed E-state index contributed by atoms with van der Waals surface area (Å²) in [6.07, 6.45) is 9.49. The van der Waals surface area contributed by atoms with E-state index in [1.807, 2.05) is 0 Å². The fourth-order valence-electron chi connectivity index (χ4n) is 4.48. The first kappa shape index (κ1) is 13.6.